The van der Waals surface area contributed by atoms with Crippen LogP contribution in [-0.4, -0.2) is 21.2 Å². The molecule has 0 amide bonds. The van der Waals surface area contributed by atoms with Crippen LogP contribution < -0.4 is 0 Å². The molecule has 1 N–H and O–H groups in total. The standard InChI is InChI=1S/C9H8N2O4S/c1-5-3-14-9(10-5)16-4-6-2-7(8(12)13)11-15-6/h2-3H,4H2,1H3,(H,12,13). The van der Waals surface area contributed by atoms with Crippen LogP contribution in [0.4, 0.5) is 0 Å². The molecule has 16 heavy (non-hydrogen) atoms. The first-order valence-electron chi connectivity index (χ1n) is 4.39. The fourth-order valence-electron chi connectivity index (χ4n) is 1.01. The van der Waals surface area contributed by atoms with E-state index in [1.807, 2.05) is 6.92 Å². The molecule has 0 aliphatic heterocycles. The van der Waals surface area contributed by atoms with Gasteiger partial charge in [0.05, 0.1) is 11.4 Å². The molecule has 0 aliphatic carbocycles. The van der Waals surface area contributed by atoms with Gasteiger partial charge in [-0.3, -0.25) is 0 Å². The summed E-state index contributed by atoms with van der Waals surface area (Å²) in [5, 5.41) is 12.5. The number of aryl methyl sites for hydroxylation is 1. The number of rotatable bonds is 4. The van der Waals surface area contributed by atoms with Crippen molar-refractivity contribution in [3.05, 3.63) is 29.5 Å². The fourth-order valence-corrected chi connectivity index (χ4v) is 1.74. The van der Waals surface area contributed by atoms with Crippen LogP contribution in [0.1, 0.15) is 21.9 Å². The zero-order valence-corrected chi connectivity index (χ0v) is 9.15. The molecular weight excluding hydrogens is 232 g/mol. The topological polar surface area (TPSA) is 89.4 Å². The second-order valence-corrected chi connectivity index (χ2v) is 3.95. The van der Waals surface area contributed by atoms with Crippen LogP contribution in [0.15, 0.2) is 26.5 Å². The lowest BCUT2D eigenvalue weighted by Crippen LogP contribution is -1.94. The number of hydrogen-bond acceptors (Lipinski definition) is 6. The van der Waals surface area contributed by atoms with Crippen LogP contribution in [0, 0.1) is 6.92 Å². The van der Waals surface area contributed by atoms with E-state index in [4.69, 9.17) is 14.0 Å². The summed E-state index contributed by atoms with van der Waals surface area (Å²) in [5.74, 6) is -0.203. The van der Waals surface area contributed by atoms with Crippen molar-refractivity contribution in [1.82, 2.24) is 10.1 Å². The molecule has 0 bridgehead atoms. The zero-order valence-electron chi connectivity index (χ0n) is 8.34. The Morgan fingerprint density at radius 3 is 3.00 bits per heavy atom. The number of oxazole rings is 1. The molecule has 0 atom stereocenters. The molecule has 0 aromatic carbocycles. The molecule has 6 nitrogen and oxygen atoms in total. The van der Waals surface area contributed by atoms with Crippen molar-refractivity contribution >= 4 is 17.7 Å². The Kier molecular flexibility index (Phi) is 2.95. The second-order valence-electron chi connectivity index (χ2n) is 3.03. The van der Waals surface area contributed by atoms with Gasteiger partial charge in [-0.15, -0.1) is 0 Å². The van der Waals surface area contributed by atoms with Crippen molar-refractivity contribution < 1.29 is 18.8 Å². The van der Waals surface area contributed by atoms with E-state index in [1.54, 1.807) is 6.26 Å². The highest BCUT2D eigenvalue weighted by Crippen LogP contribution is 2.22. The molecule has 2 rings (SSSR count). The maximum absolute atomic E-state index is 10.5. The summed E-state index contributed by atoms with van der Waals surface area (Å²) in [4.78, 5) is 14.6. The van der Waals surface area contributed by atoms with Gasteiger partial charge >= 0.3 is 5.97 Å². The summed E-state index contributed by atoms with van der Waals surface area (Å²) in [6.07, 6.45) is 1.55. The summed E-state index contributed by atoms with van der Waals surface area (Å²) in [6.45, 7) is 1.82. The predicted octanol–water partition coefficient (Wildman–Crippen LogP) is 1.96. The van der Waals surface area contributed by atoms with Crippen molar-refractivity contribution in [3.63, 3.8) is 0 Å². The number of carbonyl (C=O) groups is 1. The molecule has 84 valence electrons. The highest BCUT2D eigenvalue weighted by molar-refractivity contribution is 7.98. The first-order valence-corrected chi connectivity index (χ1v) is 5.37. The third-order valence-corrected chi connectivity index (χ3v) is 2.58. The van der Waals surface area contributed by atoms with Crippen molar-refractivity contribution in [1.29, 1.82) is 0 Å². The third-order valence-electron chi connectivity index (χ3n) is 1.71. The first-order chi connectivity index (χ1) is 7.65. The highest BCUT2D eigenvalue weighted by atomic mass is 32.2. The summed E-state index contributed by atoms with van der Waals surface area (Å²) in [7, 11) is 0. The van der Waals surface area contributed by atoms with Crippen molar-refractivity contribution in [2.75, 3.05) is 0 Å². The summed E-state index contributed by atoms with van der Waals surface area (Å²) >= 11 is 1.31. The molecule has 0 radical (unpaired) electrons. The van der Waals surface area contributed by atoms with Gasteiger partial charge in [0.1, 0.15) is 12.0 Å². The van der Waals surface area contributed by atoms with Gasteiger partial charge in [0.25, 0.3) is 5.22 Å². The number of nitrogens with zero attached hydrogens (tertiary/aromatic N) is 2. The second kappa shape index (κ2) is 4.40. The van der Waals surface area contributed by atoms with Gasteiger partial charge in [0, 0.05) is 6.07 Å². The van der Waals surface area contributed by atoms with E-state index >= 15 is 0 Å². The van der Waals surface area contributed by atoms with Crippen molar-refractivity contribution in [2.24, 2.45) is 0 Å². The smallest absolute Gasteiger partial charge is 0.358 e. The van der Waals surface area contributed by atoms with Gasteiger partial charge < -0.3 is 14.0 Å². The number of aromatic carboxylic acids is 1. The molecule has 0 spiro atoms. The number of hydrogen-bond donors (Lipinski definition) is 1. The average Bonchev–Trinajstić information content (AvgIpc) is 2.83. The molecule has 0 saturated carbocycles. The van der Waals surface area contributed by atoms with E-state index in [0.717, 1.165) is 5.69 Å². The highest BCUT2D eigenvalue weighted by Gasteiger charge is 2.11. The lowest BCUT2D eigenvalue weighted by molar-refractivity contribution is 0.0685. The van der Waals surface area contributed by atoms with Gasteiger partial charge in [0.15, 0.2) is 5.69 Å². The van der Waals surface area contributed by atoms with E-state index in [-0.39, 0.29) is 5.69 Å². The maximum atomic E-state index is 10.5. The quantitative estimate of drug-likeness (QED) is 0.817. The summed E-state index contributed by atoms with van der Waals surface area (Å²) in [5.41, 5.74) is 0.700. The van der Waals surface area contributed by atoms with Gasteiger partial charge in [-0.25, -0.2) is 9.78 Å². The van der Waals surface area contributed by atoms with E-state index < -0.39 is 5.97 Å². The van der Waals surface area contributed by atoms with Crippen LogP contribution in [0.25, 0.3) is 0 Å². The maximum Gasteiger partial charge on any atom is 0.358 e. The first kappa shape index (κ1) is 10.7. The summed E-state index contributed by atoms with van der Waals surface area (Å²) in [6, 6.07) is 1.38. The number of carboxylic acids is 1. The fraction of sp³-hybridized carbons (Fsp3) is 0.222. The molecular formula is C9H8N2O4S. The molecule has 2 aromatic rings. The van der Waals surface area contributed by atoms with Crippen LogP contribution in [-0.2, 0) is 5.75 Å². The Balaban J connectivity index is 1.97. The predicted molar refractivity (Wildman–Crippen MR) is 54.3 cm³/mol. The van der Waals surface area contributed by atoms with Crippen LogP contribution in [0.5, 0.6) is 0 Å². The number of thioether (sulfide) groups is 1. The monoisotopic (exact) mass is 240 g/mol. The van der Waals surface area contributed by atoms with Gasteiger partial charge in [-0.05, 0) is 6.92 Å². The SMILES string of the molecule is Cc1coc(SCc2cc(C(=O)O)no2)n1. The van der Waals surface area contributed by atoms with Crippen LogP contribution >= 0.6 is 11.8 Å². The van der Waals surface area contributed by atoms with Gasteiger partial charge in [-0.2, -0.15) is 0 Å². The van der Waals surface area contributed by atoms with Crippen molar-refractivity contribution in [3.8, 4) is 0 Å². The Bertz CT molecular complexity index is 505. The van der Waals surface area contributed by atoms with Crippen molar-refractivity contribution in [2.45, 2.75) is 17.9 Å². The molecule has 0 saturated heterocycles. The summed E-state index contributed by atoms with van der Waals surface area (Å²) < 4.78 is 9.95. The third kappa shape index (κ3) is 2.43. The Morgan fingerprint density at radius 1 is 1.62 bits per heavy atom. The lowest BCUT2D eigenvalue weighted by atomic mass is 10.4. The Labute approximate surface area is 94.6 Å². The molecule has 0 unspecified atom stereocenters. The minimum absolute atomic E-state index is 0.0980. The van der Waals surface area contributed by atoms with Crippen LogP contribution in [0.2, 0.25) is 0 Å². The minimum atomic E-state index is -1.10. The Morgan fingerprint density at radius 2 is 2.44 bits per heavy atom. The zero-order chi connectivity index (χ0) is 11.5. The largest absolute Gasteiger partial charge is 0.476 e. The van der Waals surface area contributed by atoms with E-state index in [2.05, 4.69) is 10.1 Å². The molecule has 0 fully saturated rings. The lowest BCUT2D eigenvalue weighted by Gasteiger charge is -1.89. The average molecular weight is 240 g/mol. The molecule has 7 heteroatoms. The van der Waals surface area contributed by atoms with E-state index in [9.17, 15) is 4.79 Å². The molecule has 2 heterocycles. The van der Waals surface area contributed by atoms with E-state index in [1.165, 1.54) is 17.8 Å². The Hall–Kier alpha value is -1.76. The molecule has 0 aliphatic rings. The van der Waals surface area contributed by atoms with Crippen LogP contribution in [0.3, 0.4) is 0 Å². The van der Waals surface area contributed by atoms with Gasteiger partial charge in [-0.1, -0.05) is 16.9 Å². The van der Waals surface area contributed by atoms with Gasteiger partial charge in [0.2, 0.25) is 0 Å². The number of aromatic nitrogens is 2. The normalized spacial score (nSPS) is 10.6. The minimum Gasteiger partial charge on any atom is -0.476 e. The van der Waals surface area contributed by atoms with E-state index in [0.29, 0.717) is 16.7 Å². The molecule has 2 aromatic heterocycles. The number of carboxylic acid groups (broad SMARTS) is 1.